The van der Waals surface area contributed by atoms with E-state index in [1.807, 2.05) is 0 Å². The van der Waals surface area contributed by atoms with Gasteiger partial charge in [0, 0.05) is 18.6 Å². The highest BCUT2D eigenvalue weighted by Gasteiger charge is 2.22. The molecule has 0 unspecified atom stereocenters. The first-order chi connectivity index (χ1) is 12.4. The van der Waals surface area contributed by atoms with Crippen molar-refractivity contribution in [1.82, 2.24) is 5.32 Å². The van der Waals surface area contributed by atoms with Crippen molar-refractivity contribution >= 4 is 17.6 Å². The van der Waals surface area contributed by atoms with E-state index in [4.69, 9.17) is 4.74 Å². The van der Waals surface area contributed by atoms with E-state index in [0.717, 1.165) is 0 Å². The molecule has 1 N–H and O–H groups in total. The first-order valence-electron chi connectivity index (χ1n) is 7.74. The van der Waals surface area contributed by atoms with Crippen LogP contribution in [0.2, 0.25) is 0 Å². The standard InChI is InChI=1S/C18H17FN2O5/c1-26-18(23)16(10-12-5-7-15(8-6-12)21(24)25)20-17(22)11-13-3-2-4-14(19)9-13/h2-9,16H,10-11H2,1H3,(H,20,22)/t16-/m0/s1. The molecule has 2 aromatic rings. The van der Waals surface area contributed by atoms with Crippen LogP contribution >= 0.6 is 0 Å². The van der Waals surface area contributed by atoms with Gasteiger partial charge >= 0.3 is 5.97 Å². The van der Waals surface area contributed by atoms with E-state index in [1.165, 1.54) is 49.6 Å². The number of hydrogen-bond acceptors (Lipinski definition) is 5. The molecule has 0 radical (unpaired) electrons. The smallest absolute Gasteiger partial charge is 0.328 e. The molecule has 0 saturated carbocycles. The Morgan fingerprint density at radius 3 is 2.46 bits per heavy atom. The maximum Gasteiger partial charge on any atom is 0.328 e. The van der Waals surface area contributed by atoms with Gasteiger partial charge in [0.05, 0.1) is 18.5 Å². The summed E-state index contributed by atoms with van der Waals surface area (Å²) >= 11 is 0. The fourth-order valence-electron chi connectivity index (χ4n) is 2.40. The van der Waals surface area contributed by atoms with E-state index >= 15 is 0 Å². The molecule has 0 bridgehead atoms. The molecule has 2 aromatic carbocycles. The molecule has 1 atom stereocenters. The van der Waals surface area contributed by atoms with Crippen molar-refractivity contribution in [1.29, 1.82) is 0 Å². The number of amides is 1. The van der Waals surface area contributed by atoms with Crippen LogP contribution in [0.4, 0.5) is 10.1 Å². The van der Waals surface area contributed by atoms with Gasteiger partial charge in [-0.15, -0.1) is 0 Å². The lowest BCUT2D eigenvalue weighted by Gasteiger charge is -2.16. The normalized spacial score (nSPS) is 11.5. The molecule has 0 spiro atoms. The molecule has 1 amide bonds. The number of methoxy groups -OCH3 is 1. The highest BCUT2D eigenvalue weighted by Crippen LogP contribution is 2.14. The lowest BCUT2D eigenvalue weighted by atomic mass is 10.0. The third-order valence-corrected chi connectivity index (χ3v) is 3.66. The first kappa shape index (κ1) is 19.0. The molecule has 0 aliphatic carbocycles. The fraction of sp³-hybridized carbons (Fsp3) is 0.222. The molecule has 0 aromatic heterocycles. The number of rotatable bonds is 7. The first-order valence-corrected chi connectivity index (χ1v) is 7.74. The number of non-ortho nitro benzene ring substituents is 1. The van der Waals surface area contributed by atoms with E-state index in [0.29, 0.717) is 11.1 Å². The molecule has 0 heterocycles. The fourth-order valence-corrected chi connectivity index (χ4v) is 2.40. The minimum atomic E-state index is -0.956. The summed E-state index contributed by atoms with van der Waals surface area (Å²) < 4.78 is 17.9. The summed E-state index contributed by atoms with van der Waals surface area (Å²) in [4.78, 5) is 34.2. The number of esters is 1. The van der Waals surface area contributed by atoms with E-state index in [-0.39, 0.29) is 18.5 Å². The Hall–Kier alpha value is -3.29. The van der Waals surface area contributed by atoms with Gasteiger partial charge < -0.3 is 10.1 Å². The highest BCUT2D eigenvalue weighted by atomic mass is 19.1. The summed E-state index contributed by atoms with van der Waals surface area (Å²) in [6.07, 6.45) is 0.0189. The highest BCUT2D eigenvalue weighted by molar-refractivity contribution is 5.85. The Labute approximate surface area is 148 Å². The third-order valence-electron chi connectivity index (χ3n) is 3.66. The molecule has 7 nitrogen and oxygen atoms in total. The van der Waals surface area contributed by atoms with Gasteiger partial charge in [-0.1, -0.05) is 24.3 Å². The topological polar surface area (TPSA) is 98.5 Å². The summed E-state index contributed by atoms with van der Waals surface area (Å²) in [6.45, 7) is 0. The van der Waals surface area contributed by atoms with Crippen LogP contribution in [-0.4, -0.2) is 30.0 Å². The molecular formula is C18H17FN2O5. The SMILES string of the molecule is COC(=O)[C@H](Cc1ccc([N+](=O)[O-])cc1)NC(=O)Cc1cccc(F)c1. The molecule has 2 rings (SSSR count). The number of hydrogen-bond donors (Lipinski definition) is 1. The summed E-state index contributed by atoms with van der Waals surface area (Å²) in [5.41, 5.74) is 1.03. The van der Waals surface area contributed by atoms with Crippen molar-refractivity contribution in [2.45, 2.75) is 18.9 Å². The van der Waals surface area contributed by atoms with Crippen LogP contribution in [0.1, 0.15) is 11.1 Å². The second-order valence-corrected chi connectivity index (χ2v) is 5.58. The van der Waals surface area contributed by atoms with E-state index < -0.39 is 28.7 Å². The van der Waals surface area contributed by atoms with Crippen LogP contribution < -0.4 is 5.32 Å². The summed E-state index contributed by atoms with van der Waals surface area (Å²) in [7, 11) is 1.20. The Balaban J connectivity index is 2.05. The number of nitrogens with zero attached hydrogens (tertiary/aromatic N) is 1. The Morgan fingerprint density at radius 2 is 1.88 bits per heavy atom. The van der Waals surface area contributed by atoms with Crippen molar-refractivity contribution in [3.8, 4) is 0 Å². The van der Waals surface area contributed by atoms with Gasteiger partial charge in [-0.05, 0) is 23.3 Å². The predicted octanol–water partition coefficient (Wildman–Crippen LogP) is 2.18. The third kappa shape index (κ3) is 5.37. The lowest BCUT2D eigenvalue weighted by molar-refractivity contribution is -0.384. The van der Waals surface area contributed by atoms with Crippen molar-refractivity contribution in [3.63, 3.8) is 0 Å². The van der Waals surface area contributed by atoms with Gasteiger partial charge in [0.15, 0.2) is 0 Å². The molecule has 0 aliphatic rings. The molecule has 26 heavy (non-hydrogen) atoms. The zero-order chi connectivity index (χ0) is 19.1. The zero-order valence-electron chi connectivity index (χ0n) is 14.0. The molecule has 0 aliphatic heterocycles. The van der Waals surface area contributed by atoms with Gasteiger partial charge in [-0.25, -0.2) is 9.18 Å². The number of nitrogens with one attached hydrogen (secondary N) is 1. The minimum absolute atomic E-state index is 0.0708. The van der Waals surface area contributed by atoms with Crippen LogP contribution in [0.15, 0.2) is 48.5 Å². The number of ether oxygens (including phenoxy) is 1. The van der Waals surface area contributed by atoms with Crippen LogP contribution in [0.5, 0.6) is 0 Å². The number of nitro benzene ring substituents is 1. The van der Waals surface area contributed by atoms with E-state index in [1.54, 1.807) is 6.07 Å². The number of benzene rings is 2. The summed E-state index contributed by atoms with van der Waals surface area (Å²) in [6, 6.07) is 10.3. The molecule has 8 heteroatoms. The predicted molar refractivity (Wildman–Crippen MR) is 90.9 cm³/mol. The number of carbonyl (C=O) groups excluding carboxylic acids is 2. The molecule has 136 valence electrons. The number of carbonyl (C=O) groups is 2. The minimum Gasteiger partial charge on any atom is -0.467 e. The average Bonchev–Trinajstić information content (AvgIpc) is 2.61. The lowest BCUT2D eigenvalue weighted by Crippen LogP contribution is -2.43. The van der Waals surface area contributed by atoms with Gasteiger partial charge in [0.1, 0.15) is 11.9 Å². The van der Waals surface area contributed by atoms with Gasteiger partial charge in [-0.3, -0.25) is 14.9 Å². The van der Waals surface area contributed by atoms with Crippen molar-refractivity contribution in [2.75, 3.05) is 7.11 Å². The maximum atomic E-state index is 13.2. The number of nitro groups is 1. The molecule has 0 saturated heterocycles. The van der Waals surface area contributed by atoms with Crippen LogP contribution in [-0.2, 0) is 27.2 Å². The monoisotopic (exact) mass is 360 g/mol. The molecular weight excluding hydrogens is 343 g/mol. The van der Waals surface area contributed by atoms with E-state index in [2.05, 4.69) is 5.32 Å². The van der Waals surface area contributed by atoms with Crippen LogP contribution in [0.3, 0.4) is 0 Å². The summed E-state index contributed by atoms with van der Waals surface area (Å²) in [5, 5.41) is 13.2. The summed E-state index contributed by atoms with van der Waals surface area (Å²) in [5.74, 6) is -1.56. The zero-order valence-corrected chi connectivity index (χ0v) is 14.0. The largest absolute Gasteiger partial charge is 0.467 e. The Morgan fingerprint density at radius 1 is 1.19 bits per heavy atom. The number of halogens is 1. The average molecular weight is 360 g/mol. The van der Waals surface area contributed by atoms with Crippen LogP contribution in [0, 0.1) is 15.9 Å². The Bertz CT molecular complexity index is 807. The van der Waals surface area contributed by atoms with Gasteiger partial charge in [-0.2, -0.15) is 0 Å². The van der Waals surface area contributed by atoms with Crippen molar-refractivity contribution in [3.05, 3.63) is 75.6 Å². The molecule has 0 fully saturated rings. The maximum absolute atomic E-state index is 13.2. The quantitative estimate of drug-likeness (QED) is 0.464. The van der Waals surface area contributed by atoms with Crippen molar-refractivity contribution in [2.24, 2.45) is 0 Å². The Kier molecular flexibility index (Phi) is 6.37. The van der Waals surface area contributed by atoms with Gasteiger partial charge in [0.25, 0.3) is 5.69 Å². The van der Waals surface area contributed by atoms with Crippen molar-refractivity contribution < 1.29 is 23.6 Å². The second kappa shape index (κ2) is 8.70. The second-order valence-electron chi connectivity index (χ2n) is 5.58. The van der Waals surface area contributed by atoms with Gasteiger partial charge in [0.2, 0.25) is 5.91 Å². The van der Waals surface area contributed by atoms with E-state index in [9.17, 15) is 24.1 Å². The van der Waals surface area contributed by atoms with Crippen LogP contribution in [0.25, 0.3) is 0 Å².